The molecule has 0 saturated heterocycles. The quantitative estimate of drug-likeness (QED) is 0.715. The Labute approximate surface area is 130 Å². The van der Waals surface area contributed by atoms with Gasteiger partial charge in [0.25, 0.3) is 5.56 Å². The summed E-state index contributed by atoms with van der Waals surface area (Å²) < 4.78 is 6.16. The molecular formula is C16H13N3O4. The number of aromatic nitrogens is 2. The van der Waals surface area contributed by atoms with Crippen LogP contribution in [-0.2, 0) is 6.54 Å². The number of para-hydroxylation sites is 1. The van der Waals surface area contributed by atoms with Crippen LogP contribution in [0.3, 0.4) is 0 Å². The van der Waals surface area contributed by atoms with Gasteiger partial charge in [0.2, 0.25) is 5.88 Å². The molecule has 0 aliphatic heterocycles. The van der Waals surface area contributed by atoms with Gasteiger partial charge in [0.15, 0.2) is 0 Å². The maximum Gasteiger partial charge on any atom is 0.331 e. The lowest BCUT2D eigenvalue weighted by Gasteiger charge is -2.07. The van der Waals surface area contributed by atoms with E-state index < -0.39 is 17.1 Å². The summed E-state index contributed by atoms with van der Waals surface area (Å²) >= 11 is 0. The van der Waals surface area contributed by atoms with Crippen molar-refractivity contribution in [1.29, 1.82) is 0 Å². The molecule has 0 spiro atoms. The second kappa shape index (κ2) is 6.18. The zero-order valence-electron chi connectivity index (χ0n) is 12.0. The first-order valence-electron chi connectivity index (χ1n) is 6.83. The molecule has 0 unspecified atom stereocenters. The number of H-pyrrole nitrogens is 1. The fraction of sp³-hybridized carbons (Fsp3) is 0.0625. The van der Waals surface area contributed by atoms with Crippen LogP contribution in [0.25, 0.3) is 0 Å². The largest absolute Gasteiger partial charge is 0.494 e. The van der Waals surface area contributed by atoms with Crippen LogP contribution in [0.2, 0.25) is 0 Å². The minimum absolute atomic E-state index is 0.000619. The van der Waals surface area contributed by atoms with Crippen molar-refractivity contribution in [3.8, 4) is 5.88 Å². The van der Waals surface area contributed by atoms with Crippen molar-refractivity contribution in [2.24, 2.45) is 4.99 Å². The number of nitrogens with zero attached hydrogens (tertiary/aromatic N) is 2. The van der Waals surface area contributed by atoms with Crippen molar-refractivity contribution in [2.75, 3.05) is 0 Å². The first kappa shape index (κ1) is 14.6. The summed E-state index contributed by atoms with van der Waals surface area (Å²) in [6.45, 7) is 0.000619. The van der Waals surface area contributed by atoms with Crippen molar-refractivity contribution in [2.45, 2.75) is 6.54 Å². The highest BCUT2D eigenvalue weighted by Gasteiger charge is 2.13. The lowest BCUT2D eigenvalue weighted by molar-refractivity contribution is 0.392. The van der Waals surface area contributed by atoms with E-state index in [4.69, 9.17) is 4.42 Å². The fourth-order valence-corrected chi connectivity index (χ4v) is 2.05. The van der Waals surface area contributed by atoms with Crippen LogP contribution in [-0.4, -0.2) is 20.9 Å². The van der Waals surface area contributed by atoms with Gasteiger partial charge in [0.1, 0.15) is 11.3 Å². The van der Waals surface area contributed by atoms with E-state index in [1.807, 2.05) is 6.07 Å². The molecule has 2 aromatic heterocycles. The van der Waals surface area contributed by atoms with Gasteiger partial charge in [-0.1, -0.05) is 18.2 Å². The number of rotatable bonds is 4. The third kappa shape index (κ3) is 3.13. The van der Waals surface area contributed by atoms with Gasteiger partial charge in [-0.2, -0.15) is 0 Å². The van der Waals surface area contributed by atoms with Crippen LogP contribution < -0.4 is 11.2 Å². The summed E-state index contributed by atoms with van der Waals surface area (Å²) in [5.41, 5.74) is -0.904. The minimum atomic E-state index is -0.722. The third-order valence-corrected chi connectivity index (χ3v) is 3.20. The number of aliphatic imine (C=N–C) groups is 1. The van der Waals surface area contributed by atoms with Crippen LogP contribution in [0.1, 0.15) is 11.3 Å². The van der Waals surface area contributed by atoms with E-state index in [0.29, 0.717) is 11.4 Å². The monoisotopic (exact) mass is 311 g/mol. The summed E-state index contributed by atoms with van der Waals surface area (Å²) in [5, 5.41) is 10.2. The van der Waals surface area contributed by atoms with E-state index in [9.17, 15) is 14.7 Å². The predicted octanol–water partition coefficient (Wildman–Crippen LogP) is 1.63. The molecule has 0 fully saturated rings. The average Bonchev–Trinajstić information content (AvgIpc) is 3.05. The van der Waals surface area contributed by atoms with Gasteiger partial charge in [-0.25, -0.2) is 4.79 Å². The van der Waals surface area contributed by atoms with Crippen LogP contribution in [0.5, 0.6) is 5.88 Å². The maximum atomic E-state index is 11.9. The highest BCUT2D eigenvalue weighted by Crippen LogP contribution is 2.14. The molecular weight excluding hydrogens is 298 g/mol. The molecule has 2 N–H and O–H groups in total. The summed E-state index contributed by atoms with van der Waals surface area (Å²) in [5.74, 6) is 0.00947. The lowest BCUT2D eigenvalue weighted by atomic mass is 10.3. The molecule has 0 aliphatic carbocycles. The second-order valence-corrected chi connectivity index (χ2v) is 4.76. The van der Waals surface area contributed by atoms with E-state index in [2.05, 4.69) is 9.98 Å². The summed E-state index contributed by atoms with van der Waals surface area (Å²) in [4.78, 5) is 30.0. The molecule has 0 saturated carbocycles. The Balaban J connectivity index is 2.02. The van der Waals surface area contributed by atoms with Gasteiger partial charge >= 0.3 is 5.69 Å². The molecule has 0 radical (unpaired) electrons. The molecule has 7 heteroatoms. The summed E-state index contributed by atoms with van der Waals surface area (Å²) in [7, 11) is 0. The Hall–Kier alpha value is -3.35. The number of hydrogen-bond acceptors (Lipinski definition) is 5. The molecule has 3 aromatic rings. The van der Waals surface area contributed by atoms with Gasteiger partial charge < -0.3 is 9.52 Å². The Morgan fingerprint density at radius 2 is 1.96 bits per heavy atom. The van der Waals surface area contributed by atoms with Crippen molar-refractivity contribution in [3.63, 3.8) is 0 Å². The summed E-state index contributed by atoms with van der Waals surface area (Å²) in [6.07, 6.45) is 2.68. The highest BCUT2D eigenvalue weighted by molar-refractivity contribution is 5.83. The molecule has 0 atom stereocenters. The third-order valence-electron chi connectivity index (χ3n) is 3.20. The van der Waals surface area contributed by atoms with Crippen LogP contribution >= 0.6 is 0 Å². The number of aromatic amines is 1. The van der Waals surface area contributed by atoms with E-state index in [1.165, 1.54) is 12.5 Å². The zero-order chi connectivity index (χ0) is 16.2. The molecule has 23 heavy (non-hydrogen) atoms. The van der Waals surface area contributed by atoms with Crippen molar-refractivity contribution in [3.05, 3.63) is 80.9 Å². The van der Waals surface area contributed by atoms with Crippen LogP contribution in [0, 0.1) is 0 Å². The molecule has 3 rings (SSSR count). The Morgan fingerprint density at radius 3 is 2.65 bits per heavy atom. The first-order valence-corrected chi connectivity index (χ1v) is 6.83. The number of hydrogen-bond donors (Lipinski definition) is 2. The Morgan fingerprint density at radius 1 is 1.17 bits per heavy atom. The smallest absolute Gasteiger partial charge is 0.331 e. The van der Waals surface area contributed by atoms with Crippen LogP contribution in [0.15, 0.2) is 67.7 Å². The SMILES string of the molecule is O=c1[nH]c(=O)n(Cc2ccco2)c(O)c1C=Nc1ccccc1. The average molecular weight is 311 g/mol. The van der Waals surface area contributed by atoms with Gasteiger partial charge in [0, 0.05) is 6.21 Å². The Kier molecular flexibility index (Phi) is 3.92. The van der Waals surface area contributed by atoms with E-state index in [-0.39, 0.29) is 12.1 Å². The zero-order valence-corrected chi connectivity index (χ0v) is 12.0. The maximum absolute atomic E-state index is 11.9. The number of benzene rings is 1. The molecule has 7 nitrogen and oxygen atoms in total. The van der Waals surface area contributed by atoms with Crippen molar-refractivity contribution < 1.29 is 9.52 Å². The summed E-state index contributed by atoms with van der Waals surface area (Å²) in [6, 6.07) is 12.3. The highest BCUT2D eigenvalue weighted by atomic mass is 16.3. The standard InChI is InChI=1S/C16H13N3O4/c20-14-13(9-17-11-5-2-1-3-6-11)15(21)19(16(22)18-14)10-12-7-4-8-23-12/h1-9,21H,10H2,(H,18,20,22). The normalized spacial score (nSPS) is 11.1. The molecule has 116 valence electrons. The number of aromatic hydroxyl groups is 1. The topological polar surface area (TPSA) is 101 Å². The van der Waals surface area contributed by atoms with Gasteiger partial charge in [0.05, 0.1) is 18.5 Å². The first-order chi connectivity index (χ1) is 11.1. The molecule has 0 aliphatic rings. The van der Waals surface area contributed by atoms with Gasteiger partial charge in [-0.15, -0.1) is 0 Å². The fourth-order valence-electron chi connectivity index (χ4n) is 2.05. The molecule has 2 heterocycles. The molecule has 0 amide bonds. The number of furan rings is 1. The minimum Gasteiger partial charge on any atom is -0.494 e. The van der Waals surface area contributed by atoms with E-state index in [0.717, 1.165) is 4.57 Å². The van der Waals surface area contributed by atoms with E-state index in [1.54, 1.807) is 36.4 Å². The van der Waals surface area contributed by atoms with Gasteiger partial charge in [-0.3, -0.25) is 19.3 Å². The second-order valence-electron chi connectivity index (χ2n) is 4.76. The number of nitrogens with one attached hydrogen (secondary N) is 1. The van der Waals surface area contributed by atoms with Crippen LogP contribution in [0.4, 0.5) is 5.69 Å². The van der Waals surface area contributed by atoms with E-state index >= 15 is 0 Å². The Bertz CT molecular complexity index is 938. The van der Waals surface area contributed by atoms with Gasteiger partial charge in [-0.05, 0) is 24.3 Å². The predicted molar refractivity (Wildman–Crippen MR) is 84.5 cm³/mol. The molecule has 0 bridgehead atoms. The van der Waals surface area contributed by atoms with Crippen molar-refractivity contribution >= 4 is 11.9 Å². The van der Waals surface area contributed by atoms with Crippen molar-refractivity contribution in [1.82, 2.24) is 9.55 Å². The lowest BCUT2D eigenvalue weighted by Crippen LogP contribution is -2.32. The molecule has 1 aromatic carbocycles.